The molecule has 1 aliphatic carbocycles. The number of rotatable bonds is 3. The highest BCUT2D eigenvalue weighted by Gasteiger charge is 2.21. The molecule has 4 rings (SSSR count). The van der Waals surface area contributed by atoms with Gasteiger partial charge in [0.2, 0.25) is 0 Å². The zero-order chi connectivity index (χ0) is 16.0. The molecule has 0 fully saturated rings. The van der Waals surface area contributed by atoms with E-state index in [0.717, 1.165) is 35.0 Å². The first-order valence-electron chi connectivity index (χ1n) is 7.46. The van der Waals surface area contributed by atoms with Gasteiger partial charge in [-0.3, -0.25) is 9.36 Å². The molecule has 0 aliphatic heterocycles. The number of fused-ring (bicyclic) bond motifs is 3. The minimum atomic E-state index is -0.987. The maximum absolute atomic E-state index is 12.8. The minimum Gasteiger partial charge on any atom is -0.478 e. The molecule has 0 saturated carbocycles. The maximum atomic E-state index is 12.8. The first kappa shape index (κ1) is 14.1. The third kappa shape index (κ3) is 2.26. The number of benzene rings is 1. The molecule has 0 unspecified atom stereocenters. The highest BCUT2D eigenvalue weighted by atomic mass is 32.1. The lowest BCUT2D eigenvalue weighted by Crippen LogP contribution is -2.22. The second kappa shape index (κ2) is 5.31. The van der Waals surface area contributed by atoms with Crippen LogP contribution in [0.3, 0.4) is 0 Å². The predicted molar refractivity (Wildman–Crippen MR) is 88.4 cm³/mol. The number of nitrogens with zero attached hydrogens (tertiary/aromatic N) is 2. The molecule has 2 heterocycles. The van der Waals surface area contributed by atoms with E-state index in [-0.39, 0.29) is 17.7 Å². The summed E-state index contributed by atoms with van der Waals surface area (Å²) < 4.78 is 1.51. The first-order valence-corrected chi connectivity index (χ1v) is 8.27. The van der Waals surface area contributed by atoms with E-state index < -0.39 is 5.97 Å². The number of carbonyl (C=O) groups is 1. The molecule has 0 spiro atoms. The number of thiophene rings is 1. The summed E-state index contributed by atoms with van der Waals surface area (Å²) in [4.78, 5) is 30.6. The van der Waals surface area contributed by atoms with Crippen molar-refractivity contribution in [3.8, 4) is 0 Å². The standard InChI is InChI=1S/C17H14N2O3S/c20-16-14-12-6-3-7-13(12)23-15(14)18-9-19(16)8-10-4-1-2-5-11(10)17(21)22/h1-2,4-5,9H,3,6-8H2,(H,21,22). The van der Waals surface area contributed by atoms with Crippen molar-refractivity contribution in [3.63, 3.8) is 0 Å². The Bertz CT molecular complexity index is 987. The van der Waals surface area contributed by atoms with Crippen molar-refractivity contribution in [2.75, 3.05) is 0 Å². The van der Waals surface area contributed by atoms with E-state index in [4.69, 9.17) is 0 Å². The van der Waals surface area contributed by atoms with Crippen molar-refractivity contribution in [3.05, 3.63) is 62.5 Å². The zero-order valence-corrected chi connectivity index (χ0v) is 13.1. The minimum absolute atomic E-state index is 0.0745. The van der Waals surface area contributed by atoms with Crippen LogP contribution in [0.15, 0.2) is 35.4 Å². The summed E-state index contributed by atoms with van der Waals surface area (Å²) >= 11 is 1.61. The van der Waals surface area contributed by atoms with Crippen molar-refractivity contribution >= 4 is 27.5 Å². The molecule has 0 bridgehead atoms. The average molecular weight is 326 g/mol. The van der Waals surface area contributed by atoms with Gasteiger partial charge in [0.15, 0.2) is 0 Å². The number of aryl methyl sites for hydroxylation is 2. The molecule has 6 heteroatoms. The van der Waals surface area contributed by atoms with E-state index in [9.17, 15) is 14.7 Å². The highest BCUT2D eigenvalue weighted by Crippen LogP contribution is 2.34. The second-order valence-corrected chi connectivity index (χ2v) is 6.76. The van der Waals surface area contributed by atoms with Gasteiger partial charge in [-0.25, -0.2) is 9.78 Å². The second-order valence-electron chi connectivity index (χ2n) is 5.68. The fourth-order valence-corrected chi connectivity index (χ4v) is 4.40. The fourth-order valence-electron chi connectivity index (χ4n) is 3.18. The Morgan fingerprint density at radius 3 is 2.96 bits per heavy atom. The van der Waals surface area contributed by atoms with Gasteiger partial charge < -0.3 is 5.11 Å². The van der Waals surface area contributed by atoms with Crippen molar-refractivity contribution in [2.24, 2.45) is 0 Å². The smallest absolute Gasteiger partial charge is 0.336 e. The van der Waals surface area contributed by atoms with Crippen LogP contribution in [0.5, 0.6) is 0 Å². The van der Waals surface area contributed by atoms with Crippen LogP contribution in [0.4, 0.5) is 0 Å². The Morgan fingerprint density at radius 1 is 1.30 bits per heavy atom. The van der Waals surface area contributed by atoms with Gasteiger partial charge in [0.25, 0.3) is 5.56 Å². The highest BCUT2D eigenvalue weighted by molar-refractivity contribution is 7.18. The Morgan fingerprint density at radius 2 is 2.13 bits per heavy atom. The monoisotopic (exact) mass is 326 g/mol. The molecule has 0 saturated heterocycles. The summed E-state index contributed by atoms with van der Waals surface area (Å²) in [6, 6.07) is 6.75. The van der Waals surface area contributed by atoms with E-state index in [1.165, 1.54) is 15.8 Å². The first-order chi connectivity index (χ1) is 11.1. The summed E-state index contributed by atoms with van der Waals surface area (Å²) in [6.07, 6.45) is 4.57. The summed E-state index contributed by atoms with van der Waals surface area (Å²) in [6.45, 7) is 0.217. The SMILES string of the molecule is O=C(O)c1ccccc1Cn1cnc2sc3c(c2c1=O)CCC3. The van der Waals surface area contributed by atoms with Crippen LogP contribution in [-0.4, -0.2) is 20.6 Å². The number of aromatic nitrogens is 2. The number of aromatic carboxylic acids is 1. The molecule has 3 aromatic rings. The van der Waals surface area contributed by atoms with Crippen LogP contribution in [0, 0.1) is 0 Å². The molecule has 2 aromatic heterocycles. The van der Waals surface area contributed by atoms with E-state index in [2.05, 4.69) is 4.98 Å². The normalized spacial score (nSPS) is 13.4. The number of hydrogen-bond acceptors (Lipinski definition) is 4. The number of hydrogen-bond donors (Lipinski definition) is 1. The summed E-state index contributed by atoms with van der Waals surface area (Å²) in [5, 5.41) is 10.00. The average Bonchev–Trinajstić information content (AvgIpc) is 3.11. The summed E-state index contributed by atoms with van der Waals surface area (Å²) in [7, 11) is 0. The van der Waals surface area contributed by atoms with E-state index >= 15 is 0 Å². The van der Waals surface area contributed by atoms with Crippen LogP contribution in [0.25, 0.3) is 10.2 Å². The Labute approximate surface area is 135 Å². The van der Waals surface area contributed by atoms with Crippen LogP contribution in [0.2, 0.25) is 0 Å². The molecule has 116 valence electrons. The van der Waals surface area contributed by atoms with Gasteiger partial charge in [-0.05, 0) is 36.5 Å². The summed E-state index contributed by atoms with van der Waals surface area (Å²) in [5.41, 5.74) is 1.89. The van der Waals surface area contributed by atoms with Crippen LogP contribution in [-0.2, 0) is 19.4 Å². The Hall–Kier alpha value is -2.47. The van der Waals surface area contributed by atoms with Crippen molar-refractivity contribution in [1.29, 1.82) is 0 Å². The molecule has 1 aromatic carbocycles. The largest absolute Gasteiger partial charge is 0.478 e. The van der Waals surface area contributed by atoms with E-state index in [1.807, 2.05) is 0 Å². The van der Waals surface area contributed by atoms with Crippen molar-refractivity contribution < 1.29 is 9.90 Å². The predicted octanol–water partition coefficient (Wildman–Crippen LogP) is 2.69. The topological polar surface area (TPSA) is 72.2 Å². The zero-order valence-electron chi connectivity index (χ0n) is 12.3. The molecular formula is C17H14N2O3S. The third-order valence-corrected chi connectivity index (χ3v) is 5.48. The Kier molecular flexibility index (Phi) is 3.27. The van der Waals surface area contributed by atoms with Gasteiger partial charge in [-0.15, -0.1) is 11.3 Å². The van der Waals surface area contributed by atoms with Gasteiger partial charge in [-0.1, -0.05) is 18.2 Å². The number of carboxylic acids is 1. The summed E-state index contributed by atoms with van der Waals surface area (Å²) in [5.74, 6) is -0.987. The molecular weight excluding hydrogens is 312 g/mol. The Balaban J connectivity index is 1.83. The van der Waals surface area contributed by atoms with Gasteiger partial charge >= 0.3 is 5.97 Å². The van der Waals surface area contributed by atoms with Gasteiger partial charge in [-0.2, -0.15) is 0 Å². The van der Waals surface area contributed by atoms with Crippen LogP contribution < -0.4 is 5.56 Å². The number of carboxylic acid groups (broad SMARTS) is 1. The van der Waals surface area contributed by atoms with E-state index in [1.54, 1.807) is 35.6 Å². The molecule has 0 amide bonds. The molecule has 23 heavy (non-hydrogen) atoms. The molecule has 1 aliphatic rings. The maximum Gasteiger partial charge on any atom is 0.336 e. The molecule has 1 N–H and O–H groups in total. The van der Waals surface area contributed by atoms with Crippen molar-refractivity contribution in [2.45, 2.75) is 25.8 Å². The van der Waals surface area contributed by atoms with Gasteiger partial charge in [0.05, 0.1) is 23.8 Å². The molecule has 5 nitrogen and oxygen atoms in total. The molecule has 0 radical (unpaired) electrons. The fraction of sp³-hybridized carbons (Fsp3) is 0.235. The van der Waals surface area contributed by atoms with Gasteiger partial charge in [0.1, 0.15) is 4.83 Å². The van der Waals surface area contributed by atoms with E-state index in [0.29, 0.717) is 5.56 Å². The lowest BCUT2D eigenvalue weighted by molar-refractivity contribution is 0.0695. The van der Waals surface area contributed by atoms with Gasteiger partial charge in [0, 0.05) is 4.88 Å². The van der Waals surface area contributed by atoms with Crippen LogP contribution >= 0.6 is 11.3 Å². The van der Waals surface area contributed by atoms with Crippen LogP contribution in [0.1, 0.15) is 32.8 Å². The lowest BCUT2D eigenvalue weighted by Gasteiger charge is -2.08. The quantitative estimate of drug-likeness (QED) is 0.803. The van der Waals surface area contributed by atoms with Crippen molar-refractivity contribution in [1.82, 2.24) is 9.55 Å². The molecule has 0 atom stereocenters. The lowest BCUT2D eigenvalue weighted by atomic mass is 10.1. The third-order valence-electron chi connectivity index (χ3n) is 4.28.